The largest absolute Gasteiger partial charge is 0.445 e. The Kier molecular flexibility index (Phi) is 5.22. The fourth-order valence-electron chi connectivity index (χ4n) is 2.72. The van der Waals surface area contributed by atoms with Crippen molar-refractivity contribution in [3.63, 3.8) is 0 Å². The lowest BCUT2D eigenvalue weighted by Crippen LogP contribution is -2.51. The van der Waals surface area contributed by atoms with Crippen molar-refractivity contribution in [2.75, 3.05) is 6.54 Å². The summed E-state index contributed by atoms with van der Waals surface area (Å²) in [6.07, 6.45) is 2.26. The minimum Gasteiger partial charge on any atom is -0.445 e. The third-order valence-electron chi connectivity index (χ3n) is 3.98. The van der Waals surface area contributed by atoms with Gasteiger partial charge in [0.15, 0.2) is 5.78 Å². The molecule has 1 amide bonds. The molecule has 4 nitrogen and oxygen atoms in total. The van der Waals surface area contributed by atoms with Crippen LogP contribution in [-0.4, -0.2) is 29.4 Å². The summed E-state index contributed by atoms with van der Waals surface area (Å²) in [6, 6.07) is 9.24. The van der Waals surface area contributed by atoms with Crippen LogP contribution in [0.25, 0.3) is 0 Å². The normalized spacial score (nSPS) is 18.9. The number of piperidine rings is 1. The first-order valence-electron chi connectivity index (χ1n) is 7.91. The van der Waals surface area contributed by atoms with Gasteiger partial charge in [0.25, 0.3) is 0 Å². The standard InChI is InChI=1S/C18H25NO3/c1-18(2,3)16(20)15-11-7-8-12-19(15)17(21)22-13-14-9-5-4-6-10-14/h4-6,9-10,15H,7-8,11-13H2,1-3H3/t15-/m0/s1. The number of nitrogens with zero attached hydrogens (tertiary/aromatic N) is 1. The molecule has 1 aromatic rings. The first-order valence-corrected chi connectivity index (χ1v) is 7.91. The molecule has 4 heteroatoms. The number of amides is 1. The van der Waals surface area contributed by atoms with Crippen LogP contribution in [-0.2, 0) is 16.1 Å². The van der Waals surface area contributed by atoms with E-state index in [1.807, 2.05) is 51.1 Å². The number of rotatable bonds is 3. The lowest BCUT2D eigenvalue weighted by molar-refractivity contribution is -0.132. The highest BCUT2D eigenvalue weighted by molar-refractivity contribution is 5.91. The van der Waals surface area contributed by atoms with Gasteiger partial charge in [-0.1, -0.05) is 51.1 Å². The molecular formula is C18H25NO3. The van der Waals surface area contributed by atoms with Crippen LogP contribution >= 0.6 is 0 Å². The number of hydrogen-bond donors (Lipinski definition) is 0. The van der Waals surface area contributed by atoms with Gasteiger partial charge in [-0.3, -0.25) is 9.69 Å². The number of likely N-dealkylation sites (tertiary alicyclic amines) is 1. The fraction of sp³-hybridized carbons (Fsp3) is 0.556. The van der Waals surface area contributed by atoms with E-state index in [2.05, 4.69) is 0 Å². The number of Topliss-reactive ketones (excluding diaryl/α,β-unsaturated/α-hetero) is 1. The van der Waals surface area contributed by atoms with E-state index in [1.54, 1.807) is 4.90 Å². The molecule has 0 unspecified atom stereocenters. The quantitative estimate of drug-likeness (QED) is 0.853. The van der Waals surface area contributed by atoms with Gasteiger partial charge in [0, 0.05) is 12.0 Å². The Morgan fingerprint density at radius 2 is 1.86 bits per heavy atom. The summed E-state index contributed by atoms with van der Waals surface area (Å²) >= 11 is 0. The lowest BCUT2D eigenvalue weighted by Gasteiger charge is -2.36. The Morgan fingerprint density at radius 3 is 2.50 bits per heavy atom. The van der Waals surface area contributed by atoms with Crippen LogP contribution in [0, 0.1) is 5.41 Å². The summed E-state index contributed by atoms with van der Waals surface area (Å²) in [7, 11) is 0. The molecule has 1 aliphatic heterocycles. The molecule has 1 heterocycles. The summed E-state index contributed by atoms with van der Waals surface area (Å²) in [6.45, 7) is 6.54. The van der Waals surface area contributed by atoms with Gasteiger partial charge in [0.05, 0.1) is 6.04 Å². The van der Waals surface area contributed by atoms with Gasteiger partial charge >= 0.3 is 6.09 Å². The Balaban J connectivity index is 2.01. The minimum absolute atomic E-state index is 0.115. The minimum atomic E-state index is -0.444. The number of benzene rings is 1. The van der Waals surface area contributed by atoms with Gasteiger partial charge in [0.2, 0.25) is 0 Å². The van der Waals surface area contributed by atoms with Crippen molar-refractivity contribution in [3.05, 3.63) is 35.9 Å². The second-order valence-electron chi connectivity index (χ2n) is 6.86. The van der Waals surface area contributed by atoms with Crippen LogP contribution in [0.5, 0.6) is 0 Å². The van der Waals surface area contributed by atoms with Crippen molar-refractivity contribution in [2.24, 2.45) is 5.41 Å². The smallest absolute Gasteiger partial charge is 0.410 e. The second kappa shape index (κ2) is 6.95. The van der Waals surface area contributed by atoms with Crippen LogP contribution in [0.3, 0.4) is 0 Å². The van der Waals surface area contributed by atoms with Crippen LogP contribution < -0.4 is 0 Å². The maximum Gasteiger partial charge on any atom is 0.410 e. The summed E-state index contributed by atoms with van der Waals surface area (Å²) in [4.78, 5) is 26.5. The maximum absolute atomic E-state index is 12.6. The lowest BCUT2D eigenvalue weighted by atomic mass is 9.83. The van der Waals surface area contributed by atoms with Crippen LogP contribution in [0.4, 0.5) is 4.79 Å². The van der Waals surface area contributed by atoms with E-state index < -0.39 is 5.41 Å². The van der Waals surface area contributed by atoms with E-state index in [9.17, 15) is 9.59 Å². The molecule has 22 heavy (non-hydrogen) atoms. The van der Waals surface area contributed by atoms with E-state index in [0.717, 1.165) is 24.8 Å². The zero-order valence-corrected chi connectivity index (χ0v) is 13.7. The van der Waals surface area contributed by atoms with Gasteiger partial charge in [-0.25, -0.2) is 4.79 Å². The van der Waals surface area contributed by atoms with Gasteiger partial charge in [-0.15, -0.1) is 0 Å². The maximum atomic E-state index is 12.6. The van der Waals surface area contributed by atoms with Crippen molar-refractivity contribution in [2.45, 2.75) is 52.7 Å². The molecule has 2 rings (SSSR count). The molecule has 1 aliphatic rings. The summed E-state index contributed by atoms with van der Waals surface area (Å²) in [5.41, 5.74) is 0.506. The van der Waals surface area contributed by atoms with Gasteiger partial charge in [-0.2, -0.15) is 0 Å². The molecular weight excluding hydrogens is 278 g/mol. The van der Waals surface area contributed by atoms with Gasteiger partial charge in [-0.05, 0) is 24.8 Å². The number of ether oxygens (including phenoxy) is 1. The van der Waals surface area contributed by atoms with Gasteiger partial charge < -0.3 is 4.74 Å². The molecule has 0 N–H and O–H groups in total. The predicted molar refractivity (Wildman–Crippen MR) is 85.4 cm³/mol. The Morgan fingerprint density at radius 1 is 1.18 bits per heavy atom. The predicted octanol–water partition coefficient (Wildman–Crippen LogP) is 3.79. The molecule has 1 saturated heterocycles. The second-order valence-corrected chi connectivity index (χ2v) is 6.86. The molecule has 0 aliphatic carbocycles. The summed E-state index contributed by atoms with van der Waals surface area (Å²) in [5, 5.41) is 0. The third-order valence-corrected chi connectivity index (χ3v) is 3.98. The van der Waals surface area contributed by atoms with E-state index in [4.69, 9.17) is 4.74 Å². The highest BCUT2D eigenvalue weighted by Crippen LogP contribution is 2.26. The first-order chi connectivity index (χ1) is 10.4. The van der Waals surface area contributed by atoms with E-state index >= 15 is 0 Å². The molecule has 120 valence electrons. The molecule has 0 bridgehead atoms. The Bertz CT molecular complexity index is 519. The monoisotopic (exact) mass is 303 g/mol. The molecule has 0 saturated carbocycles. The van der Waals surface area contributed by atoms with Gasteiger partial charge in [0.1, 0.15) is 6.61 Å². The van der Waals surface area contributed by atoms with Crippen molar-refractivity contribution in [1.29, 1.82) is 0 Å². The molecule has 1 atom stereocenters. The van der Waals surface area contributed by atoms with Crippen molar-refractivity contribution >= 4 is 11.9 Å². The molecule has 0 aromatic heterocycles. The third kappa shape index (κ3) is 4.09. The Labute approximate surface area is 132 Å². The molecule has 1 aromatic carbocycles. The first kappa shape index (κ1) is 16.5. The average Bonchev–Trinajstić information content (AvgIpc) is 2.52. The topological polar surface area (TPSA) is 46.6 Å². The van der Waals surface area contributed by atoms with Crippen molar-refractivity contribution < 1.29 is 14.3 Å². The average molecular weight is 303 g/mol. The zero-order chi connectivity index (χ0) is 16.2. The molecule has 0 spiro atoms. The molecule has 0 radical (unpaired) electrons. The van der Waals surface area contributed by atoms with Crippen molar-refractivity contribution in [1.82, 2.24) is 4.90 Å². The fourth-order valence-corrected chi connectivity index (χ4v) is 2.72. The SMILES string of the molecule is CC(C)(C)C(=O)[C@@H]1CCCCN1C(=O)OCc1ccccc1. The highest BCUT2D eigenvalue weighted by atomic mass is 16.6. The highest BCUT2D eigenvalue weighted by Gasteiger charge is 2.38. The number of ketones is 1. The number of hydrogen-bond acceptors (Lipinski definition) is 3. The summed E-state index contributed by atoms with van der Waals surface area (Å²) < 4.78 is 5.40. The zero-order valence-electron chi connectivity index (χ0n) is 13.7. The van der Waals surface area contributed by atoms with Crippen molar-refractivity contribution in [3.8, 4) is 0 Å². The van der Waals surface area contributed by atoms with Crippen LogP contribution in [0.2, 0.25) is 0 Å². The number of carbonyl (C=O) groups is 2. The van der Waals surface area contributed by atoms with Crippen LogP contribution in [0.15, 0.2) is 30.3 Å². The summed E-state index contributed by atoms with van der Waals surface area (Å²) in [5.74, 6) is 0.115. The Hall–Kier alpha value is -1.84. The molecule has 1 fully saturated rings. The van der Waals surface area contributed by atoms with Crippen LogP contribution in [0.1, 0.15) is 45.6 Å². The van der Waals surface area contributed by atoms with E-state index in [0.29, 0.717) is 6.54 Å². The van der Waals surface area contributed by atoms with E-state index in [1.165, 1.54) is 0 Å². The number of carbonyl (C=O) groups excluding carboxylic acids is 2. The van der Waals surface area contributed by atoms with E-state index in [-0.39, 0.29) is 24.5 Å².